The molecule has 0 aliphatic carbocycles. The standard InChI is InChI=1S/C19H20O3/c1-10-6-8-13(9-7-10)14-11(2)17-15(12(3)16(14)20)19(4,5)18(21)22-17/h6-9,20H,1-5H3. The van der Waals surface area contributed by atoms with E-state index in [9.17, 15) is 9.90 Å². The zero-order chi connectivity index (χ0) is 16.2. The monoisotopic (exact) mass is 296 g/mol. The van der Waals surface area contributed by atoms with Crippen molar-refractivity contribution in [3.05, 3.63) is 46.5 Å². The molecule has 0 unspecified atom stereocenters. The molecule has 0 fully saturated rings. The van der Waals surface area contributed by atoms with Crippen LogP contribution in [-0.4, -0.2) is 11.1 Å². The highest BCUT2D eigenvalue weighted by atomic mass is 16.5. The molecule has 0 aromatic heterocycles. The summed E-state index contributed by atoms with van der Waals surface area (Å²) in [5.74, 6) is 0.557. The Kier molecular flexibility index (Phi) is 3.06. The van der Waals surface area contributed by atoms with Crippen molar-refractivity contribution in [2.24, 2.45) is 0 Å². The van der Waals surface area contributed by atoms with Gasteiger partial charge in [0.2, 0.25) is 0 Å². The molecule has 3 nitrogen and oxygen atoms in total. The van der Waals surface area contributed by atoms with E-state index in [1.165, 1.54) is 0 Å². The van der Waals surface area contributed by atoms with E-state index in [0.717, 1.165) is 27.8 Å². The highest BCUT2D eigenvalue weighted by molar-refractivity contribution is 5.94. The van der Waals surface area contributed by atoms with E-state index in [4.69, 9.17) is 4.74 Å². The van der Waals surface area contributed by atoms with Crippen molar-refractivity contribution in [2.45, 2.75) is 40.0 Å². The fourth-order valence-corrected chi connectivity index (χ4v) is 3.23. The number of aryl methyl sites for hydroxylation is 1. The minimum Gasteiger partial charge on any atom is -0.507 e. The number of benzene rings is 2. The van der Waals surface area contributed by atoms with Crippen LogP contribution in [-0.2, 0) is 10.2 Å². The Morgan fingerprint density at radius 2 is 1.59 bits per heavy atom. The maximum Gasteiger partial charge on any atom is 0.321 e. The second-order valence-corrected chi connectivity index (χ2v) is 6.56. The third-order valence-corrected chi connectivity index (χ3v) is 4.58. The molecule has 1 N–H and O–H groups in total. The smallest absolute Gasteiger partial charge is 0.321 e. The van der Waals surface area contributed by atoms with E-state index in [0.29, 0.717) is 11.3 Å². The van der Waals surface area contributed by atoms with Gasteiger partial charge in [0.05, 0.1) is 5.41 Å². The molecule has 2 aromatic carbocycles. The zero-order valence-corrected chi connectivity index (χ0v) is 13.6. The van der Waals surface area contributed by atoms with Crippen LogP contribution in [0.1, 0.15) is 36.1 Å². The van der Waals surface area contributed by atoms with Crippen molar-refractivity contribution in [3.63, 3.8) is 0 Å². The van der Waals surface area contributed by atoms with Crippen LogP contribution in [0.2, 0.25) is 0 Å². The largest absolute Gasteiger partial charge is 0.507 e. The second-order valence-electron chi connectivity index (χ2n) is 6.56. The summed E-state index contributed by atoms with van der Waals surface area (Å²) in [5.41, 5.74) is 4.41. The van der Waals surface area contributed by atoms with Crippen LogP contribution < -0.4 is 4.74 Å². The molecular formula is C19H20O3. The highest BCUT2D eigenvalue weighted by Gasteiger charge is 2.44. The molecule has 0 amide bonds. The molecule has 1 aliphatic heterocycles. The molecular weight excluding hydrogens is 276 g/mol. The van der Waals surface area contributed by atoms with Crippen LogP contribution in [0.5, 0.6) is 11.5 Å². The molecule has 2 aromatic rings. The topological polar surface area (TPSA) is 46.5 Å². The highest BCUT2D eigenvalue weighted by Crippen LogP contribution is 2.51. The number of hydrogen-bond donors (Lipinski definition) is 1. The van der Waals surface area contributed by atoms with E-state index in [1.54, 1.807) is 0 Å². The van der Waals surface area contributed by atoms with Gasteiger partial charge in [0.25, 0.3) is 0 Å². The third-order valence-electron chi connectivity index (χ3n) is 4.58. The van der Waals surface area contributed by atoms with Crippen molar-refractivity contribution in [1.82, 2.24) is 0 Å². The van der Waals surface area contributed by atoms with Crippen molar-refractivity contribution in [1.29, 1.82) is 0 Å². The Morgan fingerprint density at radius 3 is 2.18 bits per heavy atom. The molecule has 0 bridgehead atoms. The molecule has 0 saturated carbocycles. The van der Waals surface area contributed by atoms with Crippen LogP contribution in [0.15, 0.2) is 24.3 Å². The molecule has 0 atom stereocenters. The first-order valence-electron chi connectivity index (χ1n) is 7.41. The summed E-state index contributed by atoms with van der Waals surface area (Å²) in [4.78, 5) is 12.2. The predicted octanol–water partition coefficient (Wildman–Crippen LogP) is 4.18. The summed E-state index contributed by atoms with van der Waals surface area (Å²) in [7, 11) is 0. The minimum atomic E-state index is -0.729. The first kappa shape index (κ1) is 14.6. The number of aromatic hydroxyl groups is 1. The first-order valence-corrected chi connectivity index (χ1v) is 7.41. The van der Waals surface area contributed by atoms with Gasteiger partial charge in [0.1, 0.15) is 11.5 Å². The Morgan fingerprint density at radius 1 is 1.00 bits per heavy atom. The Bertz CT molecular complexity index is 784. The molecule has 22 heavy (non-hydrogen) atoms. The van der Waals surface area contributed by atoms with Gasteiger partial charge in [-0.15, -0.1) is 0 Å². The molecule has 1 heterocycles. The van der Waals surface area contributed by atoms with E-state index in [1.807, 2.05) is 58.9 Å². The minimum absolute atomic E-state index is 0.228. The van der Waals surface area contributed by atoms with Crippen molar-refractivity contribution < 1.29 is 14.6 Å². The van der Waals surface area contributed by atoms with Gasteiger partial charge in [0, 0.05) is 16.7 Å². The molecule has 0 spiro atoms. The summed E-state index contributed by atoms with van der Waals surface area (Å²) in [6, 6.07) is 7.97. The number of hydrogen-bond acceptors (Lipinski definition) is 3. The average molecular weight is 296 g/mol. The van der Waals surface area contributed by atoms with Gasteiger partial charge in [-0.2, -0.15) is 0 Å². The lowest BCUT2D eigenvalue weighted by Crippen LogP contribution is -2.26. The summed E-state index contributed by atoms with van der Waals surface area (Å²) >= 11 is 0. The van der Waals surface area contributed by atoms with Gasteiger partial charge in [-0.25, -0.2) is 0 Å². The van der Waals surface area contributed by atoms with Crippen LogP contribution in [0.3, 0.4) is 0 Å². The number of carbonyl (C=O) groups is 1. The number of carbonyl (C=O) groups excluding carboxylic acids is 1. The number of fused-ring (bicyclic) bond motifs is 1. The second kappa shape index (κ2) is 4.60. The number of phenolic OH excluding ortho intramolecular Hbond substituents is 1. The molecule has 3 rings (SSSR count). The normalized spacial score (nSPS) is 15.6. The zero-order valence-electron chi connectivity index (χ0n) is 13.6. The Hall–Kier alpha value is -2.29. The van der Waals surface area contributed by atoms with Gasteiger partial charge in [-0.3, -0.25) is 4.79 Å². The van der Waals surface area contributed by atoms with E-state index in [-0.39, 0.29) is 11.7 Å². The van der Waals surface area contributed by atoms with Crippen LogP contribution in [0.25, 0.3) is 11.1 Å². The molecule has 0 radical (unpaired) electrons. The van der Waals surface area contributed by atoms with Gasteiger partial charge < -0.3 is 9.84 Å². The maximum atomic E-state index is 12.2. The summed E-state index contributed by atoms with van der Waals surface area (Å²) in [6.45, 7) is 9.42. The van der Waals surface area contributed by atoms with Crippen molar-refractivity contribution >= 4 is 5.97 Å². The van der Waals surface area contributed by atoms with E-state index in [2.05, 4.69) is 0 Å². The average Bonchev–Trinajstić information content (AvgIpc) is 2.70. The van der Waals surface area contributed by atoms with Gasteiger partial charge in [-0.05, 0) is 45.7 Å². The van der Waals surface area contributed by atoms with Gasteiger partial charge in [0.15, 0.2) is 0 Å². The lowest BCUT2D eigenvalue weighted by Gasteiger charge is -2.20. The van der Waals surface area contributed by atoms with Gasteiger partial charge in [-0.1, -0.05) is 29.8 Å². The van der Waals surface area contributed by atoms with Crippen LogP contribution >= 0.6 is 0 Å². The summed E-state index contributed by atoms with van der Waals surface area (Å²) < 4.78 is 5.52. The molecule has 0 saturated heterocycles. The fraction of sp³-hybridized carbons (Fsp3) is 0.316. The maximum absolute atomic E-state index is 12.2. The predicted molar refractivity (Wildman–Crippen MR) is 86.4 cm³/mol. The number of rotatable bonds is 1. The number of esters is 1. The number of phenols is 1. The van der Waals surface area contributed by atoms with E-state index >= 15 is 0 Å². The lowest BCUT2D eigenvalue weighted by molar-refractivity contribution is -0.137. The SMILES string of the molecule is Cc1ccc(-c2c(C)c3c(c(C)c2O)C(C)(C)C(=O)O3)cc1. The summed E-state index contributed by atoms with van der Waals surface area (Å²) in [5, 5.41) is 10.7. The lowest BCUT2D eigenvalue weighted by atomic mass is 9.80. The first-order chi connectivity index (χ1) is 10.2. The van der Waals surface area contributed by atoms with E-state index < -0.39 is 5.41 Å². The Balaban J connectivity index is 2.33. The third kappa shape index (κ3) is 1.85. The van der Waals surface area contributed by atoms with Crippen molar-refractivity contribution in [3.8, 4) is 22.6 Å². The summed E-state index contributed by atoms with van der Waals surface area (Å²) in [6.07, 6.45) is 0. The molecule has 114 valence electrons. The molecule has 3 heteroatoms. The molecule has 1 aliphatic rings. The Labute approximate surface area is 130 Å². The quantitative estimate of drug-likeness (QED) is 0.634. The van der Waals surface area contributed by atoms with Crippen LogP contribution in [0, 0.1) is 20.8 Å². The number of ether oxygens (including phenoxy) is 1. The van der Waals surface area contributed by atoms with Crippen LogP contribution in [0.4, 0.5) is 0 Å². The van der Waals surface area contributed by atoms with Gasteiger partial charge >= 0.3 is 5.97 Å². The van der Waals surface area contributed by atoms with Crippen molar-refractivity contribution in [2.75, 3.05) is 0 Å². The fourth-order valence-electron chi connectivity index (χ4n) is 3.23.